The van der Waals surface area contributed by atoms with Crippen molar-refractivity contribution in [1.82, 2.24) is 19.7 Å². The minimum absolute atomic E-state index is 0.0154. The zero-order chi connectivity index (χ0) is 17.1. The molecule has 2 aliphatic rings. The number of nitrogens with zero attached hydrogens (tertiary/aromatic N) is 4. The molecule has 1 saturated carbocycles. The summed E-state index contributed by atoms with van der Waals surface area (Å²) in [6.45, 7) is 4.16. The summed E-state index contributed by atoms with van der Waals surface area (Å²) in [5.74, 6) is 1.43. The van der Waals surface area contributed by atoms with E-state index in [1.807, 2.05) is 12.1 Å². The maximum Gasteiger partial charge on any atom is 0.266 e. The molecule has 0 radical (unpaired) electrons. The summed E-state index contributed by atoms with van der Waals surface area (Å²) in [6.07, 6.45) is 10.6. The average molecular weight is 338 g/mol. The molecule has 3 heterocycles. The normalized spacial score (nSPS) is 19.7. The van der Waals surface area contributed by atoms with Gasteiger partial charge in [0.05, 0.1) is 12.2 Å². The van der Waals surface area contributed by atoms with Gasteiger partial charge in [-0.15, -0.1) is 0 Å². The third kappa shape index (κ3) is 3.98. The molecule has 0 N–H and O–H groups in total. The predicted octanol–water partition coefficient (Wildman–Crippen LogP) is 2.82. The Hall–Kier alpha value is -2.01. The largest absolute Gasteiger partial charge is 0.302 e. The first kappa shape index (κ1) is 16.5. The van der Waals surface area contributed by atoms with Gasteiger partial charge in [-0.2, -0.15) is 5.10 Å². The summed E-state index contributed by atoms with van der Waals surface area (Å²) in [7, 11) is 0. The zero-order valence-electron chi connectivity index (χ0n) is 14.7. The summed E-state index contributed by atoms with van der Waals surface area (Å²) in [5, 5.41) is 4.55. The van der Waals surface area contributed by atoms with E-state index < -0.39 is 0 Å². The van der Waals surface area contributed by atoms with Crippen LogP contribution in [0, 0.1) is 11.8 Å². The van der Waals surface area contributed by atoms with Gasteiger partial charge in [-0.1, -0.05) is 19.3 Å². The molecule has 2 fully saturated rings. The number of likely N-dealkylation sites (tertiary alicyclic amines) is 1. The first-order valence-corrected chi connectivity index (χ1v) is 9.49. The minimum atomic E-state index is -0.0154. The topological polar surface area (TPSA) is 51.0 Å². The lowest BCUT2D eigenvalue weighted by atomic mass is 9.87. The molecule has 0 atom stereocenters. The summed E-state index contributed by atoms with van der Waals surface area (Å²) in [4.78, 5) is 18.8. The SMILES string of the molecule is O=c1ccc(-c2cccnc2)nn1CC1CN(CC2CCCCC2)C1. The highest BCUT2D eigenvalue weighted by molar-refractivity contribution is 5.56. The maximum absolute atomic E-state index is 12.1. The number of hydrogen-bond acceptors (Lipinski definition) is 4. The third-order valence-electron chi connectivity index (χ3n) is 5.53. The van der Waals surface area contributed by atoms with E-state index in [1.165, 1.54) is 38.6 Å². The van der Waals surface area contributed by atoms with Crippen LogP contribution in [0.3, 0.4) is 0 Å². The zero-order valence-corrected chi connectivity index (χ0v) is 14.7. The molecule has 0 spiro atoms. The molecular formula is C20H26N4O. The molecule has 2 aromatic rings. The molecule has 2 aromatic heterocycles. The van der Waals surface area contributed by atoms with E-state index in [0.29, 0.717) is 12.5 Å². The highest BCUT2D eigenvalue weighted by Gasteiger charge is 2.29. The molecule has 5 heteroatoms. The van der Waals surface area contributed by atoms with Crippen LogP contribution in [0.2, 0.25) is 0 Å². The van der Waals surface area contributed by atoms with Crippen molar-refractivity contribution in [3.8, 4) is 11.3 Å². The molecule has 0 aromatic carbocycles. The van der Waals surface area contributed by atoms with Gasteiger partial charge in [-0.25, -0.2) is 4.68 Å². The van der Waals surface area contributed by atoms with Crippen LogP contribution in [-0.2, 0) is 6.54 Å². The molecule has 0 unspecified atom stereocenters. The molecule has 4 rings (SSSR count). The smallest absolute Gasteiger partial charge is 0.266 e. The number of pyridine rings is 1. The Kier molecular flexibility index (Phi) is 4.92. The standard InChI is InChI=1S/C20H26N4O/c25-20-9-8-19(18-7-4-10-21-11-18)22-24(20)15-17-13-23(14-17)12-16-5-2-1-3-6-16/h4,7-11,16-17H,1-3,5-6,12-15H2. The number of hydrogen-bond donors (Lipinski definition) is 0. The van der Waals surface area contributed by atoms with Crippen LogP contribution < -0.4 is 5.56 Å². The second-order valence-electron chi connectivity index (χ2n) is 7.57. The number of aromatic nitrogens is 3. The van der Waals surface area contributed by atoms with Crippen LogP contribution in [0.5, 0.6) is 0 Å². The van der Waals surface area contributed by atoms with Crippen LogP contribution in [0.4, 0.5) is 0 Å². The highest BCUT2D eigenvalue weighted by atomic mass is 16.1. The predicted molar refractivity (Wildman–Crippen MR) is 98.2 cm³/mol. The van der Waals surface area contributed by atoms with Gasteiger partial charge >= 0.3 is 0 Å². The third-order valence-corrected chi connectivity index (χ3v) is 5.53. The second kappa shape index (κ2) is 7.48. The Bertz CT molecular complexity index is 746. The van der Waals surface area contributed by atoms with Gasteiger partial charge in [0.25, 0.3) is 5.56 Å². The van der Waals surface area contributed by atoms with Crippen molar-refractivity contribution in [3.05, 3.63) is 47.0 Å². The molecular weight excluding hydrogens is 312 g/mol. The van der Waals surface area contributed by atoms with Gasteiger partial charge in [0.2, 0.25) is 0 Å². The average Bonchev–Trinajstić information content (AvgIpc) is 2.63. The van der Waals surface area contributed by atoms with E-state index in [4.69, 9.17) is 0 Å². The van der Waals surface area contributed by atoms with Crippen molar-refractivity contribution < 1.29 is 0 Å². The van der Waals surface area contributed by atoms with Crippen molar-refractivity contribution in [1.29, 1.82) is 0 Å². The first-order valence-electron chi connectivity index (χ1n) is 9.49. The molecule has 5 nitrogen and oxygen atoms in total. The van der Waals surface area contributed by atoms with Crippen LogP contribution in [0.25, 0.3) is 11.3 Å². The van der Waals surface area contributed by atoms with E-state index >= 15 is 0 Å². The fourth-order valence-electron chi connectivity index (χ4n) is 4.17. The van der Waals surface area contributed by atoms with Crippen LogP contribution >= 0.6 is 0 Å². The van der Waals surface area contributed by atoms with Crippen molar-refractivity contribution in [2.45, 2.75) is 38.6 Å². The van der Waals surface area contributed by atoms with E-state index in [0.717, 1.165) is 30.3 Å². The van der Waals surface area contributed by atoms with Gasteiger partial charge in [-0.05, 0) is 37.0 Å². The minimum Gasteiger partial charge on any atom is -0.302 e. The van der Waals surface area contributed by atoms with Crippen molar-refractivity contribution in [3.63, 3.8) is 0 Å². The van der Waals surface area contributed by atoms with Gasteiger partial charge < -0.3 is 4.90 Å². The van der Waals surface area contributed by atoms with Gasteiger partial charge in [-0.3, -0.25) is 9.78 Å². The molecule has 0 amide bonds. The van der Waals surface area contributed by atoms with Crippen LogP contribution in [0.15, 0.2) is 41.5 Å². The fraction of sp³-hybridized carbons (Fsp3) is 0.550. The van der Waals surface area contributed by atoms with Crippen molar-refractivity contribution in [2.24, 2.45) is 11.8 Å². The highest BCUT2D eigenvalue weighted by Crippen LogP contribution is 2.27. The Balaban J connectivity index is 1.35. The van der Waals surface area contributed by atoms with Gasteiger partial charge in [0.1, 0.15) is 0 Å². The molecule has 1 aliphatic heterocycles. The Labute approximate surface area is 148 Å². The Morgan fingerprint density at radius 2 is 1.84 bits per heavy atom. The van der Waals surface area contributed by atoms with Gasteiger partial charge in [0, 0.05) is 49.6 Å². The lowest BCUT2D eigenvalue weighted by Gasteiger charge is -2.41. The lowest BCUT2D eigenvalue weighted by Crippen LogP contribution is -2.51. The quantitative estimate of drug-likeness (QED) is 0.841. The maximum atomic E-state index is 12.1. The summed E-state index contributed by atoms with van der Waals surface area (Å²) < 4.78 is 1.63. The Morgan fingerprint density at radius 1 is 1.00 bits per heavy atom. The summed E-state index contributed by atoms with van der Waals surface area (Å²) >= 11 is 0. The molecule has 1 aliphatic carbocycles. The van der Waals surface area contributed by atoms with Crippen LogP contribution in [-0.4, -0.2) is 39.3 Å². The summed E-state index contributed by atoms with van der Waals surface area (Å²) in [5.41, 5.74) is 1.74. The van der Waals surface area contributed by atoms with Crippen molar-refractivity contribution in [2.75, 3.05) is 19.6 Å². The number of rotatable bonds is 5. The second-order valence-corrected chi connectivity index (χ2v) is 7.57. The molecule has 132 valence electrons. The molecule has 1 saturated heterocycles. The van der Waals surface area contributed by atoms with E-state index in [1.54, 1.807) is 29.2 Å². The summed E-state index contributed by atoms with van der Waals surface area (Å²) in [6, 6.07) is 7.26. The fourth-order valence-corrected chi connectivity index (χ4v) is 4.17. The van der Waals surface area contributed by atoms with Crippen LogP contribution in [0.1, 0.15) is 32.1 Å². The van der Waals surface area contributed by atoms with Gasteiger partial charge in [0.15, 0.2) is 0 Å². The lowest BCUT2D eigenvalue weighted by molar-refractivity contribution is 0.0604. The van der Waals surface area contributed by atoms with Crippen molar-refractivity contribution >= 4 is 0 Å². The molecule has 0 bridgehead atoms. The molecule has 25 heavy (non-hydrogen) atoms. The Morgan fingerprint density at radius 3 is 2.60 bits per heavy atom. The first-order chi connectivity index (χ1) is 12.3. The monoisotopic (exact) mass is 338 g/mol. The van der Waals surface area contributed by atoms with E-state index in [2.05, 4.69) is 15.0 Å². The van der Waals surface area contributed by atoms with E-state index in [-0.39, 0.29) is 5.56 Å². The van der Waals surface area contributed by atoms with E-state index in [9.17, 15) is 4.79 Å².